The van der Waals surface area contributed by atoms with Gasteiger partial charge < -0.3 is 9.64 Å². The van der Waals surface area contributed by atoms with Gasteiger partial charge in [-0.05, 0) is 47.9 Å². The number of hydrogen-bond donors (Lipinski definition) is 0. The number of carbonyl (C=O) groups excluding carboxylic acids is 2. The van der Waals surface area contributed by atoms with Crippen LogP contribution in [0.15, 0.2) is 90.1 Å². The van der Waals surface area contributed by atoms with Gasteiger partial charge in [0.2, 0.25) is 5.91 Å². The second kappa shape index (κ2) is 10.4. The van der Waals surface area contributed by atoms with Crippen LogP contribution in [0, 0.1) is 5.82 Å². The third-order valence-corrected chi connectivity index (χ3v) is 6.15. The number of esters is 1. The maximum absolute atomic E-state index is 13.3. The maximum Gasteiger partial charge on any atom is 0.416 e. The number of nitrogens with zero attached hydrogens (tertiary/aromatic N) is 1. The highest BCUT2D eigenvalue weighted by Gasteiger charge is 2.38. The Bertz CT molecular complexity index is 1270. The van der Waals surface area contributed by atoms with Crippen LogP contribution in [0.5, 0.6) is 0 Å². The summed E-state index contributed by atoms with van der Waals surface area (Å²) in [5.74, 6) is -2.14. The minimum atomic E-state index is -4.50. The number of rotatable bonds is 6. The van der Waals surface area contributed by atoms with Gasteiger partial charge in [0.05, 0.1) is 17.7 Å². The summed E-state index contributed by atoms with van der Waals surface area (Å²) in [7, 11) is 0. The van der Waals surface area contributed by atoms with E-state index in [-0.39, 0.29) is 31.1 Å². The largest absolute Gasteiger partial charge is 0.457 e. The fourth-order valence-corrected chi connectivity index (χ4v) is 4.23. The molecule has 0 saturated carbocycles. The summed E-state index contributed by atoms with van der Waals surface area (Å²) in [6.07, 6.45) is -4.63. The van der Waals surface area contributed by atoms with E-state index in [1.807, 2.05) is 18.2 Å². The Morgan fingerprint density at radius 1 is 0.944 bits per heavy atom. The van der Waals surface area contributed by atoms with Gasteiger partial charge in [-0.3, -0.25) is 4.79 Å². The number of amides is 1. The quantitative estimate of drug-likeness (QED) is 0.293. The SMILES string of the molecule is CC1=C(C(=O)OCc2ccccc2)C(c2ccc(C(F)(F)F)cc2)CC(=O)N1Cc1ccc(F)cc1. The third-order valence-electron chi connectivity index (χ3n) is 6.15. The number of alkyl halides is 3. The molecule has 186 valence electrons. The fourth-order valence-electron chi connectivity index (χ4n) is 4.23. The maximum atomic E-state index is 13.3. The minimum absolute atomic E-state index is 0.00208. The van der Waals surface area contributed by atoms with Crippen LogP contribution in [0.1, 0.15) is 41.5 Å². The van der Waals surface area contributed by atoms with E-state index in [1.54, 1.807) is 31.2 Å². The lowest BCUT2D eigenvalue weighted by atomic mass is 9.83. The van der Waals surface area contributed by atoms with Crippen LogP contribution in [0.3, 0.4) is 0 Å². The average molecular weight is 497 g/mol. The van der Waals surface area contributed by atoms with Crippen LogP contribution >= 0.6 is 0 Å². The molecule has 1 unspecified atom stereocenters. The molecule has 3 aromatic carbocycles. The number of allylic oxidation sites excluding steroid dienone is 1. The molecule has 36 heavy (non-hydrogen) atoms. The molecule has 1 aliphatic rings. The highest BCUT2D eigenvalue weighted by Crippen LogP contribution is 2.39. The summed E-state index contributed by atoms with van der Waals surface area (Å²) in [5.41, 5.74) is 1.56. The smallest absolute Gasteiger partial charge is 0.416 e. The summed E-state index contributed by atoms with van der Waals surface area (Å²) in [6, 6.07) is 19.1. The van der Waals surface area contributed by atoms with Crippen molar-refractivity contribution in [2.45, 2.75) is 38.6 Å². The first kappa shape index (κ1) is 25.2. The molecule has 1 atom stereocenters. The van der Waals surface area contributed by atoms with Crippen molar-refractivity contribution in [1.82, 2.24) is 4.90 Å². The van der Waals surface area contributed by atoms with E-state index in [9.17, 15) is 27.2 Å². The second-order valence-corrected chi connectivity index (χ2v) is 8.54. The van der Waals surface area contributed by atoms with Crippen molar-refractivity contribution in [3.05, 3.63) is 118 Å². The van der Waals surface area contributed by atoms with Crippen molar-refractivity contribution in [1.29, 1.82) is 0 Å². The number of halogens is 4. The van der Waals surface area contributed by atoms with E-state index in [0.29, 0.717) is 16.8 Å². The van der Waals surface area contributed by atoms with Crippen molar-refractivity contribution >= 4 is 11.9 Å². The van der Waals surface area contributed by atoms with Crippen molar-refractivity contribution in [2.24, 2.45) is 0 Å². The molecule has 0 aromatic heterocycles. The molecule has 0 N–H and O–H groups in total. The first-order valence-electron chi connectivity index (χ1n) is 11.3. The normalized spacial score (nSPS) is 16.3. The zero-order valence-corrected chi connectivity index (χ0v) is 19.4. The Morgan fingerprint density at radius 2 is 1.58 bits per heavy atom. The summed E-state index contributed by atoms with van der Waals surface area (Å²) in [5, 5.41) is 0. The molecule has 0 saturated heterocycles. The highest BCUT2D eigenvalue weighted by molar-refractivity contribution is 5.95. The molecule has 0 fully saturated rings. The summed E-state index contributed by atoms with van der Waals surface area (Å²) >= 11 is 0. The Kier molecular flexibility index (Phi) is 7.24. The molecule has 8 heteroatoms. The van der Waals surface area contributed by atoms with Crippen LogP contribution in [0.2, 0.25) is 0 Å². The second-order valence-electron chi connectivity index (χ2n) is 8.54. The van der Waals surface area contributed by atoms with E-state index in [2.05, 4.69) is 0 Å². The first-order chi connectivity index (χ1) is 17.1. The molecular weight excluding hydrogens is 474 g/mol. The van der Waals surface area contributed by atoms with Crippen LogP contribution in [-0.4, -0.2) is 16.8 Å². The van der Waals surface area contributed by atoms with E-state index < -0.39 is 29.4 Å². The summed E-state index contributed by atoms with van der Waals surface area (Å²) in [6.45, 7) is 1.72. The van der Waals surface area contributed by atoms with Crippen LogP contribution in [0.4, 0.5) is 17.6 Å². The van der Waals surface area contributed by atoms with Gasteiger partial charge in [-0.15, -0.1) is 0 Å². The number of benzene rings is 3. The van der Waals surface area contributed by atoms with Gasteiger partial charge in [0.25, 0.3) is 0 Å². The molecule has 0 aliphatic carbocycles. The van der Waals surface area contributed by atoms with Gasteiger partial charge in [0.1, 0.15) is 12.4 Å². The molecule has 0 radical (unpaired) electrons. The molecule has 0 bridgehead atoms. The molecule has 4 nitrogen and oxygen atoms in total. The molecular formula is C28H23F4NO3. The Labute approximate surface area is 205 Å². The van der Waals surface area contributed by atoms with Gasteiger partial charge in [0.15, 0.2) is 0 Å². The number of hydrogen-bond acceptors (Lipinski definition) is 3. The van der Waals surface area contributed by atoms with Crippen molar-refractivity contribution in [3.63, 3.8) is 0 Å². The van der Waals surface area contributed by atoms with Gasteiger partial charge >= 0.3 is 12.1 Å². The van der Waals surface area contributed by atoms with Gasteiger partial charge in [0, 0.05) is 18.0 Å². The molecule has 1 heterocycles. The third kappa shape index (κ3) is 5.64. The monoisotopic (exact) mass is 497 g/mol. The number of carbonyl (C=O) groups is 2. The Morgan fingerprint density at radius 3 is 2.19 bits per heavy atom. The van der Waals surface area contributed by atoms with Crippen LogP contribution in [0.25, 0.3) is 0 Å². The molecule has 3 aromatic rings. The van der Waals surface area contributed by atoms with Crippen molar-refractivity contribution in [2.75, 3.05) is 0 Å². The van der Waals surface area contributed by atoms with E-state index in [4.69, 9.17) is 4.74 Å². The van der Waals surface area contributed by atoms with Crippen molar-refractivity contribution in [3.8, 4) is 0 Å². The standard InChI is InChI=1S/C28H23F4NO3/c1-18-26(27(35)36-17-20-5-3-2-4-6-20)24(21-9-11-22(12-10-21)28(30,31)32)15-25(34)33(18)16-19-7-13-23(29)14-8-19/h2-14,24H,15-17H2,1H3. The lowest BCUT2D eigenvalue weighted by molar-refractivity contribution is -0.142. The number of ether oxygens (including phenoxy) is 1. The molecule has 0 spiro atoms. The van der Waals surface area contributed by atoms with E-state index >= 15 is 0 Å². The van der Waals surface area contributed by atoms with Gasteiger partial charge in [-0.1, -0.05) is 54.6 Å². The Hall–Kier alpha value is -3.94. The van der Waals surface area contributed by atoms with Crippen LogP contribution < -0.4 is 0 Å². The summed E-state index contributed by atoms with van der Waals surface area (Å²) < 4.78 is 58.1. The first-order valence-corrected chi connectivity index (χ1v) is 11.3. The zero-order chi connectivity index (χ0) is 25.9. The van der Waals surface area contributed by atoms with Gasteiger partial charge in [-0.2, -0.15) is 13.2 Å². The lowest BCUT2D eigenvalue weighted by Crippen LogP contribution is -2.38. The van der Waals surface area contributed by atoms with E-state index in [1.165, 1.54) is 29.2 Å². The van der Waals surface area contributed by atoms with E-state index in [0.717, 1.165) is 17.7 Å². The molecule has 1 amide bonds. The lowest BCUT2D eigenvalue weighted by Gasteiger charge is -2.34. The highest BCUT2D eigenvalue weighted by atomic mass is 19.4. The Balaban J connectivity index is 1.68. The molecule has 1 aliphatic heterocycles. The minimum Gasteiger partial charge on any atom is -0.457 e. The summed E-state index contributed by atoms with van der Waals surface area (Å²) in [4.78, 5) is 27.8. The predicted molar refractivity (Wildman–Crippen MR) is 125 cm³/mol. The predicted octanol–water partition coefficient (Wildman–Crippen LogP) is 6.38. The zero-order valence-electron chi connectivity index (χ0n) is 19.4. The van der Waals surface area contributed by atoms with Crippen molar-refractivity contribution < 1.29 is 31.9 Å². The molecule has 4 rings (SSSR count). The average Bonchev–Trinajstić information content (AvgIpc) is 2.86. The fraction of sp³-hybridized carbons (Fsp3) is 0.214. The van der Waals surface area contributed by atoms with Crippen LogP contribution in [-0.2, 0) is 33.7 Å². The topological polar surface area (TPSA) is 46.6 Å². The van der Waals surface area contributed by atoms with Gasteiger partial charge in [-0.25, -0.2) is 9.18 Å².